The van der Waals surface area contributed by atoms with E-state index in [4.69, 9.17) is 0 Å². The smallest absolute Gasteiger partial charge is 0.325 e. The van der Waals surface area contributed by atoms with Crippen molar-refractivity contribution in [2.75, 3.05) is 0 Å². The predicted octanol–water partition coefficient (Wildman–Crippen LogP) is 5.04. The van der Waals surface area contributed by atoms with Crippen LogP contribution in [-0.2, 0) is 23.4 Å². The minimum absolute atomic E-state index is 0.0658. The number of rotatable bonds is 3. The first-order valence-corrected chi connectivity index (χ1v) is 10.8. The topological polar surface area (TPSA) is 87.7 Å². The van der Waals surface area contributed by atoms with Crippen LogP contribution in [0.3, 0.4) is 0 Å². The third-order valence-corrected chi connectivity index (χ3v) is 5.40. The molecule has 0 radical (unpaired) electrons. The van der Waals surface area contributed by atoms with Crippen molar-refractivity contribution in [2.24, 2.45) is 7.05 Å². The molecule has 4 aromatic rings. The zero-order chi connectivity index (χ0) is 27.5. The molecule has 0 aliphatic rings. The van der Waals surface area contributed by atoms with E-state index >= 15 is 0 Å². The second-order valence-corrected chi connectivity index (χ2v) is 9.24. The number of halogens is 6. The first kappa shape index (κ1) is 26.1. The van der Waals surface area contributed by atoms with E-state index in [-0.39, 0.29) is 39.8 Å². The van der Waals surface area contributed by atoms with Gasteiger partial charge in [0.15, 0.2) is 17.3 Å². The van der Waals surface area contributed by atoms with Gasteiger partial charge in [-0.3, -0.25) is 4.68 Å². The molecule has 0 saturated heterocycles. The Morgan fingerprint density at radius 2 is 1.62 bits per heavy atom. The van der Waals surface area contributed by atoms with Crippen LogP contribution in [0.2, 0.25) is 0 Å². The molecule has 0 saturated carbocycles. The van der Waals surface area contributed by atoms with Gasteiger partial charge in [-0.1, -0.05) is 39.0 Å². The quantitative estimate of drug-likeness (QED) is 0.348. The van der Waals surface area contributed by atoms with Crippen LogP contribution in [-0.4, -0.2) is 41.6 Å². The Balaban J connectivity index is 2.00. The summed E-state index contributed by atoms with van der Waals surface area (Å²) in [6.07, 6.45) is -10.1. The molecule has 3 heterocycles. The summed E-state index contributed by atoms with van der Waals surface area (Å²) >= 11 is 0. The van der Waals surface area contributed by atoms with Crippen molar-refractivity contribution in [1.29, 1.82) is 0 Å². The molecule has 0 aliphatic heterocycles. The first-order valence-electron chi connectivity index (χ1n) is 10.8. The minimum Gasteiger partial charge on any atom is -0.325 e. The largest absolute Gasteiger partial charge is 0.493 e. The Morgan fingerprint density at radius 3 is 2.19 bits per heavy atom. The highest BCUT2D eigenvalue weighted by Gasteiger charge is 2.43. The van der Waals surface area contributed by atoms with Crippen LogP contribution in [0.5, 0.6) is 0 Å². The number of hydrogen-bond acceptors (Lipinski definition) is 6. The van der Waals surface area contributed by atoms with Gasteiger partial charge in [-0.05, 0) is 19.1 Å². The van der Waals surface area contributed by atoms with Gasteiger partial charge in [0.1, 0.15) is 11.2 Å². The number of aryl methyl sites for hydroxylation is 2. The Morgan fingerprint density at radius 1 is 0.973 bits per heavy atom. The van der Waals surface area contributed by atoms with Crippen LogP contribution in [0.1, 0.15) is 37.7 Å². The van der Waals surface area contributed by atoms with Crippen molar-refractivity contribution < 1.29 is 36.0 Å². The van der Waals surface area contributed by atoms with Crippen LogP contribution in [0, 0.1) is 6.92 Å². The average Bonchev–Trinajstić information content (AvgIpc) is 3.33. The second-order valence-electron chi connectivity index (χ2n) is 9.24. The van der Waals surface area contributed by atoms with E-state index in [9.17, 15) is 31.1 Å². The zero-order valence-corrected chi connectivity index (χ0v) is 20.2. The molecule has 0 spiro atoms. The number of fused-ring (bicyclic) bond motifs is 1. The first-order chi connectivity index (χ1) is 17.0. The summed E-state index contributed by atoms with van der Waals surface area (Å²) in [6.45, 7) is 6.93. The number of nitrogens with zero attached hydrogens (tertiary/aromatic N) is 6. The molecule has 0 N–H and O–H groups in total. The van der Waals surface area contributed by atoms with Crippen molar-refractivity contribution in [3.05, 3.63) is 47.3 Å². The highest BCUT2D eigenvalue weighted by Crippen LogP contribution is 2.37. The molecular weight excluding hydrogens is 506 g/mol. The number of carbonyl (C=O) groups excluding carboxylic acids is 1. The molecular formula is C23H20F6N6O2. The number of imidazole rings is 1. The van der Waals surface area contributed by atoms with Gasteiger partial charge in [-0.25, -0.2) is 19.7 Å². The van der Waals surface area contributed by atoms with Crippen LogP contribution in [0.4, 0.5) is 26.3 Å². The summed E-state index contributed by atoms with van der Waals surface area (Å²) in [5.74, 6) is -3.15. The van der Waals surface area contributed by atoms with Crippen LogP contribution < -0.4 is 4.84 Å². The summed E-state index contributed by atoms with van der Waals surface area (Å²) in [5.41, 5.74) is -1.62. The molecule has 196 valence electrons. The van der Waals surface area contributed by atoms with Crippen LogP contribution >= 0.6 is 0 Å². The molecule has 0 bridgehead atoms. The summed E-state index contributed by atoms with van der Waals surface area (Å²) in [6, 6.07) is 6.16. The molecule has 14 heteroatoms. The molecule has 1 aromatic carbocycles. The third-order valence-electron chi connectivity index (χ3n) is 5.40. The lowest BCUT2D eigenvalue weighted by molar-refractivity contribution is -0.199. The van der Waals surface area contributed by atoms with E-state index in [1.807, 2.05) is 20.8 Å². The van der Waals surface area contributed by atoms with Crippen LogP contribution in [0.25, 0.3) is 34.1 Å². The highest BCUT2D eigenvalue weighted by atomic mass is 19.4. The van der Waals surface area contributed by atoms with E-state index < -0.39 is 29.3 Å². The molecule has 0 atom stereocenters. The summed E-state index contributed by atoms with van der Waals surface area (Å²) in [5, 5.41) is 4.36. The predicted molar refractivity (Wildman–Crippen MR) is 119 cm³/mol. The van der Waals surface area contributed by atoms with E-state index in [0.29, 0.717) is 10.4 Å². The molecule has 0 unspecified atom stereocenters. The maximum atomic E-state index is 13.6. The number of aromatic nitrogens is 6. The normalized spacial score (nSPS) is 12.8. The van der Waals surface area contributed by atoms with Crippen molar-refractivity contribution >= 4 is 17.1 Å². The lowest BCUT2D eigenvalue weighted by atomic mass is 9.92. The van der Waals surface area contributed by atoms with Crippen molar-refractivity contribution in [3.8, 4) is 22.9 Å². The third kappa shape index (κ3) is 4.87. The average molecular weight is 526 g/mol. The highest BCUT2D eigenvalue weighted by molar-refractivity contribution is 5.83. The number of alkyl halides is 6. The van der Waals surface area contributed by atoms with E-state index in [2.05, 4.69) is 24.9 Å². The lowest BCUT2D eigenvalue weighted by Gasteiger charge is -2.13. The molecule has 0 aliphatic carbocycles. The molecule has 0 amide bonds. The fourth-order valence-electron chi connectivity index (χ4n) is 3.59. The summed E-state index contributed by atoms with van der Waals surface area (Å²) < 4.78 is 81.9. The van der Waals surface area contributed by atoms with Gasteiger partial charge in [-0.2, -0.15) is 31.4 Å². The van der Waals surface area contributed by atoms with Crippen molar-refractivity contribution in [2.45, 2.75) is 45.5 Å². The Hall–Kier alpha value is -3.97. The number of hydrogen-bond donors (Lipinski definition) is 0. The summed E-state index contributed by atoms with van der Waals surface area (Å²) in [7, 11) is 1.52. The number of carbonyl (C=O) groups is 1. The van der Waals surface area contributed by atoms with Gasteiger partial charge in [0.05, 0.1) is 17.0 Å². The molecule has 0 fully saturated rings. The number of benzene rings is 1. The van der Waals surface area contributed by atoms with Crippen LogP contribution in [0.15, 0.2) is 30.3 Å². The Kier molecular flexibility index (Phi) is 6.04. The maximum Gasteiger partial charge on any atom is 0.493 e. The van der Waals surface area contributed by atoms with Gasteiger partial charge < -0.3 is 4.84 Å². The fraction of sp³-hybridized carbons (Fsp3) is 0.348. The van der Waals surface area contributed by atoms with E-state index in [1.54, 1.807) is 6.07 Å². The van der Waals surface area contributed by atoms with E-state index in [0.717, 1.165) is 6.07 Å². The van der Waals surface area contributed by atoms with Gasteiger partial charge in [0.25, 0.3) is 0 Å². The maximum absolute atomic E-state index is 13.6. The van der Waals surface area contributed by atoms with Gasteiger partial charge in [0.2, 0.25) is 0 Å². The SMILES string of the molecule is Cc1nc(-c2ccccc2C(F)(F)F)nc2nc(-c3cc(C(C)(C)C)nn3C)n(OC(=O)C(F)(F)F)c12. The summed E-state index contributed by atoms with van der Waals surface area (Å²) in [4.78, 5) is 28.9. The van der Waals surface area contributed by atoms with Crippen molar-refractivity contribution in [1.82, 2.24) is 29.5 Å². The molecule has 37 heavy (non-hydrogen) atoms. The van der Waals surface area contributed by atoms with Gasteiger partial charge >= 0.3 is 18.3 Å². The van der Waals surface area contributed by atoms with Gasteiger partial charge in [-0.15, -0.1) is 4.73 Å². The van der Waals surface area contributed by atoms with E-state index in [1.165, 1.54) is 36.9 Å². The molecule has 8 nitrogen and oxygen atoms in total. The zero-order valence-electron chi connectivity index (χ0n) is 20.2. The standard InChI is InChI=1S/C23H20F6N6O2/c1-11-16-18(31-17(30-11)12-8-6-7-9-13(12)22(24,25)26)32-19(35(16)37-20(36)23(27,28)29)14-10-15(21(2,3)4)33-34(14)5/h6-10H,1-5H3. The second kappa shape index (κ2) is 8.56. The van der Waals surface area contributed by atoms with Gasteiger partial charge in [0, 0.05) is 18.0 Å². The minimum atomic E-state index is -5.34. The Labute approximate surface area is 205 Å². The molecule has 4 rings (SSSR count). The monoisotopic (exact) mass is 526 g/mol. The Bertz CT molecular complexity index is 1510. The van der Waals surface area contributed by atoms with Crippen molar-refractivity contribution in [3.63, 3.8) is 0 Å². The fourth-order valence-corrected chi connectivity index (χ4v) is 3.59. The molecule has 3 aromatic heterocycles. The lowest BCUT2D eigenvalue weighted by Crippen LogP contribution is -2.33.